The number of likely N-dealkylation sites (N-methyl/N-ethyl adjacent to an activating group) is 1. The molecule has 3 nitrogen and oxygen atoms in total. The van der Waals surface area contributed by atoms with Crippen molar-refractivity contribution < 1.29 is 4.48 Å². The molecule has 1 N–H and O–H groups in total. The van der Waals surface area contributed by atoms with E-state index in [1.165, 1.54) is 11.8 Å². The summed E-state index contributed by atoms with van der Waals surface area (Å²) in [5, 5.41) is 8.36. The molecular weight excluding hydrogens is 170 g/mol. The minimum absolute atomic E-state index is 0.717. The van der Waals surface area contributed by atoms with E-state index in [1.807, 2.05) is 6.26 Å². The number of hydrogen-bond acceptors (Lipinski definition) is 2. The van der Waals surface area contributed by atoms with Crippen LogP contribution in [0.5, 0.6) is 0 Å². The number of nitrogens with zero attached hydrogens (tertiary/aromatic N) is 2. The number of rotatable bonds is 0. The summed E-state index contributed by atoms with van der Waals surface area (Å²) in [4.78, 5) is 2.16. The molecular formula is C8H18N3S+. The Balaban J connectivity index is 2.41. The van der Waals surface area contributed by atoms with Crippen molar-refractivity contribution in [3.05, 3.63) is 0 Å². The lowest BCUT2D eigenvalue weighted by atomic mass is 10.3. The molecule has 4 heteroatoms. The van der Waals surface area contributed by atoms with Crippen LogP contribution in [0.3, 0.4) is 0 Å². The van der Waals surface area contributed by atoms with Crippen molar-refractivity contribution in [2.75, 3.05) is 46.5 Å². The number of amidine groups is 1. The van der Waals surface area contributed by atoms with Crippen LogP contribution in [0.1, 0.15) is 0 Å². The molecule has 70 valence electrons. The standard InChI is InChI=1S/C8H18N3S/c1-11(2)6-4-10(5-7-11)8(9)12-3/h9H,4-7H2,1-3H3/q+1. The second-order valence-corrected chi connectivity index (χ2v) is 4.67. The quantitative estimate of drug-likeness (QED) is 0.344. The van der Waals surface area contributed by atoms with Gasteiger partial charge in [-0.25, -0.2) is 0 Å². The fourth-order valence-corrected chi connectivity index (χ4v) is 1.78. The number of piperazine rings is 1. The molecule has 0 saturated carbocycles. The minimum atomic E-state index is 0.717. The Labute approximate surface area is 78.8 Å². The molecule has 0 aromatic carbocycles. The molecule has 0 unspecified atom stereocenters. The van der Waals surface area contributed by atoms with Gasteiger partial charge in [0.05, 0.1) is 40.3 Å². The molecule has 1 rings (SSSR count). The summed E-state index contributed by atoms with van der Waals surface area (Å²) < 4.78 is 1.10. The van der Waals surface area contributed by atoms with Gasteiger partial charge in [0.15, 0.2) is 5.17 Å². The van der Waals surface area contributed by atoms with Crippen molar-refractivity contribution in [3.63, 3.8) is 0 Å². The first-order valence-corrected chi connectivity index (χ1v) is 5.47. The lowest BCUT2D eigenvalue weighted by molar-refractivity contribution is -0.894. The highest BCUT2D eigenvalue weighted by atomic mass is 32.2. The molecule has 0 aromatic rings. The molecule has 0 atom stereocenters. The Morgan fingerprint density at radius 3 is 2.25 bits per heavy atom. The summed E-state index contributed by atoms with van der Waals surface area (Å²) in [6.07, 6.45) is 1.97. The maximum atomic E-state index is 7.64. The molecule has 0 spiro atoms. The van der Waals surface area contributed by atoms with Gasteiger partial charge >= 0.3 is 0 Å². The third kappa shape index (κ3) is 2.38. The Morgan fingerprint density at radius 2 is 1.83 bits per heavy atom. The van der Waals surface area contributed by atoms with E-state index in [-0.39, 0.29) is 0 Å². The van der Waals surface area contributed by atoms with E-state index in [0.717, 1.165) is 35.8 Å². The smallest absolute Gasteiger partial charge is 0.156 e. The van der Waals surface area contributed by atoms with Gasteiger partial charge in [0, 0.05) is 0 Å². The zero-order valence-electron chi connectivity index (χ0n) is 8.13. The Bertz CT molecular complexity index is 169. The second-order valence-electron chi connectivity index (χ2n) is 3.88. The van der Waals surface area contributed by atoms with E-state index in [1.54, 1.807) is 0 Å². The van der Waals surface area contributed by atoms with Crippen LogP contribution in [0.25, 0.3) is 0 Å². The fourth-order valence-electron chi connectivity index (χ4n) is 1.34. The first-order chi connectivity index (χ1) is 5.55. The molecule has 1 heterocycles. The third-order valence-corrected chi connectivity index (χ3v) is 3.08. The van der Waals surface area contributed by atoms with Crippen molar-refractivity contribution in [2.24, 2.45) is 0 Å². The summed E-state index contributed by atoms with van der Waals surface area (Å²) in [6.45, 7) is 4.38. The predicted molar refractivity (Wildman–Crippen MR) is 54.7 cm³/mol. The summed E-state index contributed by atoms with van der Waals surface area (Å²) in [5.41, 5.74) is 0. The van der Waals surface area contributed by atoms with Gasteiger partial charge in [-0.3, -0.25) is 5.41 Å². The molecule has 1 aliphatic rings. The molecule has 1 aliphatic heterocycles. The van der Waals surface area contributed by atoms with Crippen LogP contribution in [0.4, 0.5) is 0 Å². The van der Waals surface area contributed by atoms with Crippen LogP contribution in [-0.2, 0) is 0 Å². The van der Waals surface area contributed by atoms with E-state index >= 15 is 0 Å². The van der Waals surface area contributed by atoms with E-state index in [2.05, 4.69) is 19.0 Å². The van der Waals surface area contributed by atoms with Gasteiger partial charge in [-0.05, 0) is 6.26 Å². The highest BCUT2D eigenvalue weighted by Crippen LogP contribution is 2.10. The Morgan fingerprint density at radius 1 is 1.33 bits per heavy atom. The van der Waals surface area contributed by atoms with Gasteiger partial charge in [0.25, 0.3) is 0 Å². The minimum Gasteiger partial charge on any atom is -0.340 e. The average Bonchev–Trinajstić information content (AvgIpc) is 2.03. The first kappa shape index (κ1) is 9.86. The van der Waals surface area contributed by atoms with Crippen LogP contribution in [0.15, 0.2) is 0 Å². The van der Waals surface area contributed by atoms with E-state index in [9.17, 15) is 0 Å². The summed E-state index contributed by atoms with van der Waals surface area (Å²) in [5.74, 6) is 0. The highest BCUT2D eigenvalue weighted by Gasteiger charge is 2.24. The lowest BCUT2D eigenvalue weighted by Gasteiger charge is -2.39. The normalized spacial score (nSPS) is 22.4. The monoisotopic (exact) mass is 188 g/mol. The summed E-state index contributed by atoms with van der Waals surface area (Å²) in [7, 11) is 4.50. The molecule has 0 amide bonds. The highest BCUT2D eigenvalue weighted by molar-refractivity contribution is 8.13. The van der Waals surface area contributed by atoms with Gasteiger partial charge in [-0.2, -0.15) is 0 Å². The maximum Gasteiger partial charge on any atom is 0.156 e. The molecule has 0 aliphatic carbocycles. The van der Waals surface area contributed by atoms with E-state index in [0.29, 0.717) is 0 Å². The Kier molecular flexibility index (Phi) is 3.01. The molecule has 1 fully saturated rings. The van der Waals surface area contributed by atoms with Crippen molar-refractivity contribution in [3.8, 4) is 0 Å². The van der Waals surface area contributed by atoms with Crippen LogP contribution in [0, 0.1) is 5.41 Å². The average molecular weight is 188 g/mol. The number of thioether (sulfide) groups is 1. The molecule has 0 radical (unpaired) electrons. The van der Waals surface area contributed by atoms with Crippen LogP contribution in [0.2, 0.25) is 0 Å². The largest absolute Gasteiger partial charge is 0.340 e. The zero-order valence-corrected chi connectivity index (χ0v) is 8.95. The second kappa shape index (κ2) is 3.66. The topological polar surface area (TPSA) is 27.1 Å². The van der Waals surface area contributed by atoms with Gasteiger partial charge in [0.2, 0.25) is 0 Å². The molecule has 12 heavy (non-hydrogen) atoms. The lowest BCUT2D eigenvalue weighted by Crippen LogP contribution is -2.55. The van der Waals surface area contributed by atoms with E-state index < -0.39 is 0 Å². The van der Waals surface area contributed by atoms with Gasteiger partial charge in [-0.1, -0.05) is 11.8 Å². The zero-order chi connectivity index (χ0) is 9.19. The first-order valence-electron chi connectivity index (χ1n) is 4.25. The Hall–Kier alpha value is -0.220. The predicted octanol–water partition coefficient (Wildman–Crippen LogP) is 0.676. The fraction of sp³-hybridized carbons (Fsp3) is 0.875. The van der Waals surface area contributed by atoms with Crippen LogP contribution in [-0.4, -0.2) is 61.1 Å². The third-order valence-electron chi connectivity index (χ3n) is 2.43. The van der Waals surface area contributed by atoms with Crippen molar-refractivity contribution in [1.29, 1.82) is 5.41 Å². The molecule has 0 aromatic heterocycles. The van der Waals surface area contributed by atoms with Gasteiger partial charge in [0.1, 0.15) is 0 Å². The van der Waals surface area contributed by atoms with Crippen molar-refractivity contribution >= 4 is 16.9 Å². The SMILES string of the molecule is CSC(=N)N1CC[N+](C)(C)CC1. The van der Waals surface area contributed by atoms with Gasteiger partial charge in [-0.15, -0.1) is 0 Å². The summed E-state index contributed by atoms with van der Waals surface area (Å²) in [6, 6.07) is 0. The molecule has 0 bridgehead atoms. The van der Waals surface area contributed by atoms with Gasteiger partial charge < -0.3 is 9.38 Å². The summed E-state index contributed by atoms with van der Waals surface area (Å²) >= 11 is 1.53. The molecule has 1 saturated heterocycles. The van der Waals surface area contributed by atoms with Crippen LogP contribution < -0.4 is 0 Å². The maximum absolute atomic E-state index is 7.64. The van der Waals surface area contributed by atoms with Crippen molar-refractivity contribution in [2.45, 2.75) is 0 Å². The number of nitrogens with one attached hydrogen (secondary N) is 1. The number of hydrogen-bond donors (Lipinski definition) is 1. The van der Waals surface area contributed by atoms with E-state index in [4.69, 9.17) is 5.41 Å². The van der Waals surface area contributed by atoms with Crippen LogP contribution >= 0.6 is 11.8 Å². The van der Waals surface area contributed by atoms with Crippen molar-refractivity contribution in [1.82, 2.24) is 4.90 Å². The number of quaternary nitrogens is 1.